The van der Waals surface area contributed by atoms with Gasteiger partial charge in [0.2, 0.25) is 0 Å². The van der Waals surface area contributed by atoms with Gasteiger partial charge in [-0.15, -0.1) is 0 Å². The van der Waals surface area contributed by atoms with Gasteiger partial charge in [-0.3, -0.25) is 4.79 Å². The summed E-state index contributed by atoms with van der Waals surface area (Å²) in [4.78, 5) is 11.9. The number of hydrogen-bond donors (Lipinski definition) is 2. The molecule has 4 heteroatoms. The highest BCUT2D eigenvalue weighted by molar-refractivity contribution is 5.94. The van der Waals surface area contributed by atoms with Gasteiger partial charge in [0.1, 0.15) is 6.10 Å². The minimum Gasteiger partial charge on any atom is -0.399 e. The van der Waals surface area contributed by atoms with Gasteiger partial charge in [-0.05, 0) is 31.5 Å². The summed E-state index contributed by atoms with van der Waals surface area (Å²) in [5.41, 5.74) is 6.99. The zero-order valence-corrected chi connectivity index (χ0v) is 11.8. The average Bonchev–Trinajstić information content (AvgIpc) is 2.38. The predicted octanol–water partition coefficient (Wildman–Crippen LogP) is 3.19. The predicted molar refractivity (Wildman–Crippen MR) is 79.0 cm³/mol. The highest BCUT2D eigenvalue weighted by Gasteiger charge is 2.13. The van der Waals surface area contributed by atoms with E-state index in [0.717, 1.165) is 12.8 Å². The maximum atomic E-state index is 11.9. The summed E-state index contributed by atoms with van der Waals surface area (Å²) in [6, 6.07) is 7.12. The fourth-order valence-corrected chi connectivity index (χ4v) is 1.72. The zero-order valence-electron chi connectivity index (χ0n) is 11.8. The number of rotatable bonds is 8. The number of unbranched alkanes of at least 4 members (excludes halogenated alkanes) is 3. The van der Waals surface area contributed by atoms with Crippen LogP contribution in [0.1, 0.15) is 39.5 Å². The maximum absolute atomic E-state index is 11.9. The molecule has 1 amide bonds. The van der Waals surface area contributed by atoms with Crippen molar-refractivity contribution < 1.29 is 9.53 Å². The Hall–Kier alpha value is -1.55. The zero-order chi connectivity index (χ0) is 14.1. The lowest BCUT2D eigenvalue weighted by molar-refractivity contribution is -0.126. The summed E-state index contributed by atoms with van der Waals surface area (Å²) in [5.74, 6) is -0.138. The molecular formula is C15H24N2O2. The van der Waals surface area contributed by atoms with Crippen LogP contribution in [0, 0.1) is 0 Å². The minimum atomic E-state index is -0.442. The third-order valence-electron chi connectivity index (χ3n) is 2.89. The van der Waals surface area contributed by atoms with Crippen molar-refractivity contribution in [2.24, 2.45) is 0 Å². The van der Waals surface area contributed by atoms with E-state index < -0.39 is 6.10 Å². The van der Waals surface area contributed by atoms with E-state index in [4.69, 9.17) is 10.5 Å². The molecule has 106 valence electrons. The van der Waals surface area contributed by atoms with Crippen molar-refractivity contribution >= 4 is 17.3 Å². The van der Waals surface area contributed by atoms with E-state index in [1.165, 1.54) is 12.8 Å². The van der Waals surface area contributed by atoms with Crippen molar-refractivity contribution in [2.45, 2.75) is 45.6 Å². The van der Waals surface area contributed by atoms with Gasteiger partial charge in [-0.25, -0.2) is 0 Å². The number of hydrogen-bond acceptors (Lipinski definition) is 3. The van der Waals surface area contributed by atoms with E-state index >= 15 is 0 Å². The fourth-order valence-electron chi connectivity index (χ4n) is 1.72. The van der Waals surface area contributed by atoms with Gasteiger partial charge in [0.15, 0.2) is 0 Å². The molecule has 3 N–H and O–H groups in total. The van der Waals surface area contributed by atoms with E-state index in [1.807, 2.05) is 6.07 Å². The van der Waals surface area contributed by atoms with Crippen LogP contribution in [0.5, 0.6) is 0 Å². The minimum absolute atomic E-state index is 0.138. The molecule has 1 aromatic carbocycles. The molecule has 0 fully saturated rings. The molecule has 0 heterocycles. The van der Waals surface area contributed by atoms with Gasteiger partial charge in [0.05, 0.1) is 0 Å². The Bertz CT molecular complexity index is 393. The Balaban J connectivity index is 2.28. The Morgan fingerprint density at radius 3 is 2.84 bits per heavy atom. The van der Waals surface area contributed by atoms with E-state index in [2.05, 4.69) is 12.2 Å². The molecule has 0 radical (unpaired) electrons. The van der Waals surface area contributed by atoms with Crippen molar-refractivity contribution in [1.82, 2.24) is 0 Å². The SMILES string of the molecule is CCCCCCOC(C)C(=O)Nc1cccc(N)c1. The van der Waals surface area contributed by atoms with Crippen LogP contribution in [0.4, 0.5) is 11.4 Å². The number of nitrogens with one attached hydrogen (secondary N) is 1. The Morgan fingerprint density at radius 2 is 2.16 bits per heavy atom. The normalized spacial score (nSPS) is 12.1. The number of carbonyl (C=O) groups is 1. The van der Waals surface area contributed by atoms with Crippen LogP contribution in [0.2, 0.25) is 0 Å². The number of ether oxygens (including phenoxy) is 1. The van der Waals surface area contributed by atoms with Crippen molar-refractivity contribution in [2.75, 3.05) is 17.7 Å². The van der Waals surface area contributed by atoms with Crippen LogP contribution >= 0.6 is 0 Å². The quantitative estimate of drug-likeness (QED) is 0.560. The average molecular weight is 264 g/mol. The summed E-state index contributed by atoms with van der Waals surface area (Å²) < 4.78 is 5.51. The molecule has 0 spiro atoms. The Labute approximate surface area is 115 Å². The maximum Gasteiger partial charge on any atom is 0.253 e. The molecule has 1 rings (SSSR count). The number of carbonyl (C=O) groups excluding carboxylic acids is 1. The largest absolute Gasteiger partial charge is 0.399 e. The number of nitrogen functional groups attached to an aromatic ring is 1. The van der Waals surface area contributed by atoms with E-state index in [9.17, 15) is 4.79 Å². The second kappa shape index (κ2) is 8.53. The summed E-state index contributed by atoms with van der Waals surface area (Å²) >= 11 is 0. The molecule has 0 aliphatic carbocycles. The van der Waals surface area contributed by atoms with Crippen LogP contribution in [-0.4, -0.2) is 18.6 Å². The van der Waals surface area contributed by atoms with E-state index in [0.29, 0.717) is 18.0 Å². The summed E-state index contributed by atoms with van der Waals surface area (Å²) in [6.07, 6.45) is 4.13. The summed E-state index contributed by atoms with van der Waals surface area (Å²) in [7, 11) is 0. The van der Waals surface area contributed by atoms with Crippen molar-refractivity contribution in [3.63, 3.8) is 0 Å². The van der Waals surface area contributed by atoms with Crippen molar-refractivity contribution in [1.29, 1.82) is 0 Å². The van der Waals surface area contributed by atoms with Gasteiger partial charge in [-0.1, -0.05) is 32.3 Å². The van der Waals surface area contributed by atoms with Crippen LogP contribution in [0.25, 0.3) is 0 Å². The first-order chi connectivity index (χ1) is 9.13. The monoisotopic (exact) mass is 264 g/mol. The molecule has 1 aromatic rings. The van der Waals surface area contributed by atoms with Crippen LogP contribution < -0.4 is 11.1 Å². The first-order valence-electron chi connectivity index (χ1n) is 6.91. The first-order valence-corrected chi connectivity index (χ1v) is 6.91. The molecule has 0 saturated carbocycles. The topological polar surface area (TPSA) is 64.3 Å². The number of benzene rings is 1. The molecule has 1 unspecified atom stereocenters. The van der Waals surface area contributed by atoms with Crippen LogP contribution in [0.15, 0.2) is 24.3 Å². The van der Waals surface area contributed by atoms with Gasteiger partial charge in [0, 0.05) is 18.0 Å². The lowest BCUT2D eigenvalue weighted by Gasteiger charge is -2.13. The van der Waals surface area contributed by atoms with Gasteiger partial charge in [-0.2, -0.15) is 0 Å². The molecule has 0 saturated heterocycles. The molecular weight excluding hydrogens is 240 g/mol. The second-order valence-electron chi connectivity index (χ2n) is 4.69. The van der Waals surface area contributed by atoms with E-state index in [-0.39, 0.29) is 5.91 Å². The smallest absolute Gasteiger partial charge is 0.253 e. The third-order valence-corrected chi connectivity index (χ3v) is 2.89. The molecule has 19 heavy (non-hydrogen) atoms. The Morgan fingerprint density at radius 1 is 1.37 bits per heavy atom. The molecule has 4 nitrogen and oxygen atoms in total. The lowest BCUT2D eigenvalue weighted by Crippen LogP contribution is -2.28. The summed E-state index contributed by atoms with van der Waals surface area (Å²) in [6.45, 7) is 4.56. The van der Waals surface area contributed by atoms with Gasteiger partial charge in [0.25, 0.3) is 5.91 Å². The van der Waals surface area contributed by atoms with Gasteiger partial charge < -0.3 is 15.8 Å². The summed E-state index contributed by atoms with van der Waals surface area (Å²) in [5, 5.41) is 2.79. The van der Waals surface area contributed by atoms with E-state index in [1.54, 1.807) is 25.1 Å². The first kappa shape index (κ1) is 15.5. The molecule has 0 aromatic heterocycles. The van der Waals surface area contributed by atoms with Crippen molar-refractivity contribution in [3.8, 4) is 0 Å². The molecule has 0 aliphatic heterocycles. The van der Waals surface area contributed by atoms with Crippen molar-refractivity contribution in [3.05, 3.63) is 24.3 Å². The molecule has 1 atom stereocenters. The highest BCUT2D eigenvalue weighted by atomic mass is 16.5. The van der Waals surface area contributed by atoms with Crippen LogP contribution in [0.3, 0.4) is 0 Å². The van der Waals surface area contributed by atoms with Gasteiger partial charge >= 0.3 is 0 Å². The number of nitrogens with two attached hydrogens (primary N) is 1. The Kier molecular flexibility index (Phi) is 6.97. The lowest BCUT2D eigenvalue weighted by atomic mass is 10.2. The second-order valence-corrected chi connectivity index (χ2v) is 4.69. The molecule has 0 bridgehead atoms. The fraction of sp³-hybridized carbons (Fsp3) is 0.533. The standard InChI is InChI=1S/C15H24N2O2/c1-3-4-5-6-10-19-12(2)15(18)17-14-9-7-8-13(16)11-14/h7-9,11-12H,3-6,10,16H2,1-2H3,(H,17,18). The highest BCUT2D eigenvalue weighted by Crippen LogP contribution is 2.12. The third kappa shape index (κ3) is 6.25. The number of amides is 1. The molecule has 0 aliphatic rings. The number of anilines is 2. The van der Waals surface area contributed by atoms with Crippen LogP contribution in [-0.2, 0) is 9.53 Å².